The summed E-state index contributed by atoms with van der Waals surface area (Å²) in [6.07, 6.45) is 4.05. The SMILES string of the molecule is CO[C@@H]1CN(C)C(=O)c2ccc(NC(=O)C3CCCC3)cc2OC[C@H](C)N(C)C[C@H]1C. The van der Waals surface area contributed by atoms with Crippen LogP contribution < -0.4 is 10.1 Å². The number of carbonyl (C=O) groups is 2. The van der Waals surface area contributed by atoms with E-state index in [4.69, 9.17) is 9.47 Å². The zero-order chi connectivity index (χ0) is 22.5. The van der Waals surface area contributed by atoms with Crippen LogP contribution in [0.4, 0.5) is 5.69 Å². The van der Waals surface area contributed by atoms with Crippen molar-refractivity contribution in [3.63, 3.8) is 0 Å². The number of fused-ring (bicyclic) bond motifs is 1. The fourth-order valence-corrected chi connectivity index (χ4v) is 4.46. The molecule has 0 aromatic heterocycles. The van der Waals surface area contributed by atoms with Crippen LogP contribution in [0.3, 0.4) is 0 Å². The van der Waals surface area contributed by atoms with Crippen molar-refractivity contribution in [2.75, 3.05) is 46.2 Å². The van der Waals surface area contributed by atoms with Crippen molar-refractivity contribution >= 4 is 17.5 Å². The molecule has 7 heteroatoms. The zero-order valence-electron chi connectivity index (χ0n) is 19.5. The first-order valence-electron chi connectivity index (χ1n) is 11.4. The van der Waals surface area contributed by atoms with Crippen LogP contribution in [0.2, 0.25) is 0 Å². The molecule has 172 valence electrons. The largest absolute Gasteiger partial charge is 0.491 e. The number of nitrogens with one attached hydrogen (secondary N) is 1. The number of likely N-dealkylation sites (N-methyl/N-ethyl adjacent to an activating group) is 2. The minimum absolute atomic E-state index is 0.0547. The van der Waals surface area contributed by atoms with Gasteiger partial charge < -0.3 is 19.7 Å². The molecule has 1 heterocycles. The van der Waals surface area contributed by atoms with Crippen molar-refractivity contribution in [2.45, 2.75) is 51.7 Å². The molecule has 0 saturated heterocycles. The molecule has 2 amide bonds. The van der Waals surface area contributed by atoms with Crippen LogP contribution in [0.5, 0.6) is 5.75 Å². The van der Waals surface area contributed by atoms with Crippen LogP contribution >= 0.6 is 0 Å². The highest BCUT2D eigenvalue weighted by molar-refractivity contribution is 5.98. The van der Waals surface area contributed by atoms with Gasteiger partial charge in [-0.05, 0) is 44.9 Å². The highest BCUT2D eigenvalue weighted by atomic mass is 16.5. The van der Waals surface area contributed by atoms with Gasteiger partial charge in [-0.15, -0.1) is 0 Å². The fourth-order valence-electron chi connectivity index (χ4n) is 4.46. The molecule has 1 aromatic carbocycles. The number of hydrogen-bond donors (Lipinski definition) is 1. The lowest BCUT2D eigenvalue weighted by Gasteiger charge is -2.34. The van der Waals surface area contributed by atoms with Crippen LogP contribution in [0.15, 0.2) is 18.2 Å². The van der Waals surface area contributed by atoms with Gasteiger partial charge in [0.2, 0.25) is 5.91 Å². The van der Waals surface area contributed by atoms with Gasteiger partial charge in [-0.1, -0.05) is 19.8 Å². The Labute approximate surface area is 186 Å². The minimum atomic E-state index is -0.112. The molecule has 3 rings (SSSR count). The third-order valence-corrected chi connectivity index (χ3v) is 6.75. The van der Waals surface area contributed by atoms with E-state index in [0.717, 1.165) is 32.2 Å². The maximum atomic E-state index is 13.2. The van der Waals surface area contributed by atoms with E-state index >= 15 is 0 Å². The van der Waals surface area contributed by atoms with Gasteiger partial charge in [-0.3, -0.25) is 14.5 Å². The first-order valence-corrected chi connectivity index (χ1v) is 11.4. The van der Waals surface area contributed by atoms with Crippen LogP contribution in [0.25, 0.3) is 0 Å². The topological polar surface area (TPSA) is 71.1 Å². The Bertz CT molecular complexity index is 778. The van der Waals surface area contributed by atoms with E-state index in [9.17, 15) is 9.59 Å². The molecule has 2 aliphatic rings. The second kappa shape index (κ2) is 10.5. The number of benzene rings is 1. The van der Waals surface area contributed by atoms with Gasteiger partial charge in [0.1, 0.15) is 12.4 Å². The van der Waals surface area contributed by atoms with Gasteiger partial charge in [0, 0.05) is 51.0 Å². The van der Waals surface area contributed by atoms with E-state index in [1.807, 2.05) is 0 Å². The second-order valence-electron chi connectivity index (χ2n) is 9.22. The van der Waals surface area contributed by atoms with Gasteiger partial charge in [0.05, 0.1) is 11.7 Å². The Morgan fingerprint density at radius 3 is 2.55 bits per heavy atom. The van der Waals surface area contributed by atoms with Crippen LogP contribution in [-0.4, -0.2) is 74.7 Å². The smallest absolute Gasteiger partial charge is 0.257 e. The highest BCUT2D eigenvalue weighted by Crippen LogP contribution is 2.29. The number of hydrogen-bond acceptors (Lipinski definition) is 5. The summed E-state index contributed by atoms with van der Waals surface area (Å²) in [5.74, 6) is 0.790. The number of carbonyl (C=O) groups excluding carboxylic acids is 2. The molecule has 1 aliphatic carbocycles. The summed E-state index contributed by atoms with van der Waals surface area (Å²) in [4.78, 5) is 29.7. The molecule has 31 heavy (non-hydrogen) atoms. The third kappa shape index (κ3) is 5.77. The Morgan fingerprint density at radius 1 is 1.16 bits per heavy atom. The Morgan fingerprint density at radius 2 is 1.87 bits per heavy atom. The van der Waals surface area contributed by atoms with Gasteiger partial charge in [-0.25, -0.2) is 0 Å². The molecule has 3 atom stereocenters. The summed E-state index contributed by atoms with van der Waals surface area (Å²) in [7, 11) is 5.57. The number of nitrogens with zero attached hydrogens (tertiary/aromatic N) is 2. The lowest BCUT2D eigenvalue weighted by molar-refractivity contribution is -0.119. The number of methoxy groups -OCH3 is 1. The molecule has 0 unspecified atom stereocenters. The molecule has 1 N–H and O–H groups in total. The van der Waals surface area contributed by atoms with Crippen LogP contribution in [0, 0.1) is 11.8 Å². The fraction of sp³-hybridized carbons (Fsp3) is 0.667. The molecule has 1 aliphatic heterocycles. The molecule has 0 bridgehead atoms. The maximum absolute atomic E-state index is 13.2. The first-order chi connectivity index (χ1) is 14.8. The standard InChI is InChI=1S/C24H37N3O4/c1-16-13-26(3)17(2)15-31-21-12-19(25-23(28)18-8-6-7-9-18)10-11-20(21)24(29)27(4)14-22(16)30-5/h10-12,16-18,22H,6-9,13-15H2,1-5H3,(H,25,28)/t16-,17+,22-/m1/s1. The average molecular weight is 432 g/mol. The summed E-state index contributed by atoms with van der Waals surface area (Å²) in [5.41, 5.74) is 1.17. The Kier molecular flexibility index (Phi) is 7.94. The van der Waals surface area contributed by atoms with Crippen LogP contribution in [0.1, 0.15) is 49.9 Å². The van der Waals surface area contributed by atoms with E-state index in [-0.39, 0.29) is 35.8 Å². The predicted molar refractivity (Wildman–Crippen MR) is 122 cm³/mol. The van der Waals surface area contributed by atoms with Crippen molar-refractivity contribution in [1.29, 1.82) is 0 Å². The molecule has 0 radical (unpaired) electrons. The summed E-state index contributed by atoms with van der Waals surface area (Å²) >= 11 is 0. The summed E-state index contributed by atoms with van der Waals surface area (Å²) in [5, 5.41) is 3.01. The summed E-state index contributed by atoms with van der Waals surface area (Å²) in [6.45, 7) is 6.05. The minimum Gasteiger partial charge on any atom is -0.491 e. The van der Waals surface area contributed by atoms with Gasteiger partial charge in [0.25, 0.3) is 5.91 Å². The van der Waals surface area contributed by atoms with Gasteiger partial charge in [0.15, 0.2) is 0 Å². The van der Waals surface area contributed by atoms with E-state index in [1.54, 1.807) is 37.3 Å². The van der Waals surface area contributed by atoms with E-state index in [1.165, 1.54) is 0 Å². The zero-order valence-corrected chi connectivity index (χ0v) is 19.5. The molecule has 1 aromatic rings. The first kappa shape index (κ1) is 23.5. The number of amides is 2. The third-order valence-electron chi connectivity index (χ3n) is 6.75. The van der Waals surface area contributed by atoms with E-state index in [0.29, 0.717) is 30.2 Å². The van der Waals surface area contributed by atoms with Gasteiger partial charge in [-0.2, -0.15) is 0 Å². The quantitative estimate of drug-likeness (QED) is 0.796. The predicted octanol–water partition coefficient (Wildman–Crippen LogP) is 3.25. The molecular formula is C24H37N3O4. The van der Waals surface area contributed by atoms with Gasteiger partial charge >= 0.3 is 0 Å². The molecule has 0 spiro atoms. The van der Waals surface area contributed by atoms with Crippen molar-refractivity contribution in [3.8, 4) is 5.75 Å². The Hall–Kier alpha value is -2.12. The van der Waals surface area contributed by atoms with Crippen molar-refractivity contribution < 1.29 is 19.1 Å². The van der Waals surface area contributed by atoms with E-state index < -0.39 is 0 Å². The number of rotatable bonds is 3. The second-order valence-corrected chi connectivity index (χ2v) is 9.22. The molecule has 1 fully saturated rings. The number of anilines is 1. The molecule has 7 nitrogen and oxygen atoms in total. The number of ether oxygens (including phenoxy) is 2. The average Bonchev–Trinajstić information content (AvgIpc) is 3.29. The van der Waals surface area contributed by atoms with Crippen molar-refractivity contribution in [3.05, 3.63) is 23.8 Å². The van der Waals surface area contributed by atoms with Crippen LogP contribution in [-0.2, 0) is 9.53 Å². The molecular weight excluding hydrogens is 394 g/mol. The monoisotopic (exact) mass is 431 g/mol. The lowest BCUT2D eigenvalue weighted by atomic mass is 10.0. The lowest BCUT2D eigenvalue weighted by Crippen LogP contribution is -2.45. The van der Waals surface area contributed by atoms with E-state index in [2.05, 4.69) is 31.1 Å². The summed E-state index contributed by atoms with van der Waals surface area (Å²) < 4.78 is 11.8. The summed E-state index contributed by atoms with van der Waals surface area (Å²) in [6, 6.07) is 5.49. The molecule has 1 saturated carbocycles. The highest BCUT2D eigenvalue weighted by Gasteiger charge is 2.28. The van der Waals surface area contributed by atoms with Crippen molar-refractivity contribution in [2.24, 2.45) is 11.8 Å². The Balaban J connectivity index is 1.86. The van der Waals surface area contributed by atoms with Crippen molar-refractivity contribution in [1.82, 2.24) is 9.80 Å². The maximum Gasteiger partial charge on any atom is 0.257 e. The normalized spacial score (nSPS) is 26.5.